The van der Waals surface area contributed by atoms with Crippen molar-refractivity contribution in [1.82, 2.24) is 9.47 Å². The predicted octanol–water partition coefficient (Wildman–Crippen LogP) is 4.44. The van der Waals surface area contributed by atoms with E-state index in [1.165, 1.54) is 34.7 Å². The summed E-state index contributed by atoms with van der Waals surface area (Å²) in [5.41, 5.74) is 4.05. The summed E-state index contributed by atoms with van der Waals surface area (Å²) >= 11 is 0. The normalized spacial score (nSPS) is 23.0. The molecule has 5 rings (SSSR count). The van der Waals surface area contributed by atoms with Crippen molar-refractivity contribution in [2.75, 3.05) is 13.1 Å². The third-order valence-corrected chi connectivity index (χ3v) is 6.43. The standard InChI is InChI=1S/C23H24F2N2O/c1-14-3-6-20-17(9-14)22-15-7-8-26(11-15)12-21(22)27(20)13-23(2,28)16-4-5-18(24)19(25)10-16/h3-6,9-10,15,28H,7-8,11-13H2,1-2H3. The van der Waals surface area contributed by atoms with Crippen molar-refractivity contribution < 1.29 is 13.9 Å². The van der Waals surface area contributed by atoms with Crippen LogP contribution in [-0.4, -0.2) is 27.7 Å². The third-order valence-electron chi connectivity index (χ3n) is 6.43. The molecule has 1 N–H and O–H groups in total. The number of hydrogen-bond acceptors (Lipinski definition) is 2. The lowest BCUT2D eigenvalue weighted by Gasteiger charge is -2.29. The Bertz CT molecular complexity index is 1090. The molecule has 3 heterocycles. The van der Waals surface area contributed by atoms with Gasteiger partial charge in [0, 0.05) is 35.6 Å². The first-order valence-electron chi connectivity index (χ1n) is 9.85. The molecule has 2 aliphatic rings. The Balaban J connectivity index is 1.65. The minimum atomic E-state index is -1.31. The molecular formula is C23H24F2N2O. The van der Waals surface area contributed by atoms with Gasteiger partial charge in [0.25, 0.3) is 0 Å². The fourth-order valence-electron chi connectivity index (χ4n) is 5.01. The molecule has 2 aliphatic heterocycles. The van der Waals surface area contributed by atoms with Gasteiger partial charge in [0.1, 0.15) is 5.60 Å². The summed E-state index contributed by atoms with van der Waals surface area (Å²) < 4.78 is 29.3. The average molecular weight is 382 g/mol. The highest BCUT2D eigenvalue weighted by Crippen LogP contribution is 2.43. The highest BCUT2D eigenvalue weighted by atomic mass is 19.2. The van der Waals surface area contributed by atoms with E-state index in [0.717, 1.165) is 37.3 Å². The van der Waals surface area contributed by atoms with Crippen LogP contribution >= 0.6 is 0 Å². The van der Waals surface area contributed by atoms with Gasteiger partial charge in [0.2, 0.25) is 0 Å². The van der Waals surface area contributed by atoms with E-state index in [-0.39, 0.29) is 0 Å². The molecule has 1 fully saturated rings. The lowest BCUT2D eigenvalue weighted by Crippen LogP contribution is -2.31. The second-order valence-electron chi connectivity index (χ2n) is 8.59. The van der Waals surface area contributed by atoms with Crippen LogP contribution < -0.4 is 0 Å². The van der Waals surface area contributed by atoms with Crippen molar-refractivity contribution in [3.05, 3.63) is 70.4 Å². The van der Waals surface area contributed by atoms with Gasteiger partial charge in [-0.1, -0.05) is 17.7 Å². The van der Waals surface area contributed by atoms with Crippen molar-refractivity contribution >= 4 is 10.9 Å². The van der Waals surface area contributed by atoms with E-state index in [4.69, 9.17) is 0 Å². The van der Waals surface area contributed by atoms with Crippen LogP contribution in [0.25, 0.3) is 10.9 Å². The van der Waals surface area contributed by atoms with Gasteiger partial charge in [0.05, 0.1) is 6.54 Å². The first-order valence-corrected chi connectivity index (χ1v) is 9.85. The Morgan fingerprint density at radius 3 is 2.75 bits per heavy atom. The van der Waals surface area contributed by atoms with Gasteiger partial charge in [-0.15, -0.1) is 0 Å². The molecule has 1 aromatic heterocycles. The van der Waals surface area contributed by atoms with Crippen LogP contribution in [0.2, 0.25) is 0 Å². The van der Waals surface area contributed by atoms with Crippen LogP contribution in [-0.2, 0) is 18.7 Å². The minimum absolute atomic E-state index is 0.299. The van der Waals surface area contributed by atoms with Gasteiger partial charge in [-0.25, -0.2) is 8.78 Å². The lowest BCUT2D eigenvalue weighted by molar-refractivity contribution is 0.0377. The van der Waals surface area contributed by atoms with Crippen LogP contribution in [0.1, 0.15) is 41.6 Å². The van der Waals surface area contributed by atoms with Gasteiger partial charge in [-0.3, -0.25) is 4.90 Å². The Morgan fingerprint density at radius 2 is 1.96 bits per heavy atom. The second kappa shape index (κ2) is 6.13. The molecule has 0 radical (unpaired) electrons. The SMILES string of the molecule is Cc1ccc2c(c1)c1c(n2CC(C)(O)c2ccc(F)c(F)c2)CN2CCC1C2. The zero-order chi connectivity index (χ0) is 19.6. The average Bonchev–Trinajstić information content (AvgIpc) is 3.16. The van der Waals surface area contributed by atoms with Crippen molar-refractivity contribution in [2.45, 2.75) is 44.9 Å². The summed E-state index contributed by atoms with van der Waals surface area (Å²) in [6.07, 6.45) is 1.17. The van der Waals surface area contributed by atoms with Gasteiger partial charge < -0.3 is 9.67 Å². The van der Waals surface area contributed by atoms with Crippen molar-refractivity contribution in [1.29, 1.82) is 0 Å². The van der Waals surface area contributed by atoms with Gasteiger partial charge in [0.15, 0.2) is 11.6 Å². The number of halogens is 2. The predicted molar refractivity (Wildman–Crippen MR) is 105 cm³/mol. The first kappa shape index (κ1) is 17.8. The fraction of sp³-hybridized carbons (Fsp3) is 0.391. The van der Waals surface area contributed by atoms with Crippen molar-refractivity contribution in [2.24, 2.45) is 0 Å². The molecule has 3 nitrogen and oxygen atoms in total. The minimum Gasteiger partial charge on any atom is -0.384 e. The molecule has 0 spiro atoms. The smallest absolute Gasteiger partial charge is 0.159 e. The van der Waals surface area contributed by atoms with Crippen LogP contribution in [0.5, 0.6) is 0 Å². The summed E-state index contributed by atoms with van der Waals surface area (Å²) in [5, 5.41) is 12.5. The summed E-state index contributed by atoms with van der Waals surface area (Å²) in [7, 11) is 0. The topological polar surface area (TPSA) is 28.4 Å². The summed E-state index contributed by atoms with van der Waals surface area (Å²) in [6.45, 7) is 7.14. The number of fused-ring (bicyclic) bond motifs is 6. The van der Waals surface area contributed by atoms with Crippen molar-refractivity contribution in [3.8, 4) is 0 Å². The number of benzene rings is 2. The molecule has 2 bridgehead atoms. The molecule has 3 unspecified atom stereocenters. The van der Waals surface area contributed by atoms with Crippen LogP contribution in [0.15, 0.2) is 36.4 Å². The number of aliphatic hydroxyl groups is 1. The van der Waals surface area contributed by atoms with E-state index >= 15 is 0 Å². The molecule has 2 aromatic carbocycles. The largest absolute Gasteiger partial charge is 0.384 e. The van der Waals surface area contributed by atoms with E-state index in [1.807, 2.05) is 0 Å². The maximum Gasteiger partial charge on any atom is 0.159 e. The molecule has 3 aromatic rings. The molecule has 3 atom stereocenters. The Labute approximate surface area is 163 Å². The molecule has 5 heteroatoms. The zero-order valence-electron chi connectivity index (χ0n) is 16.2. The van der Waals surface area contributed by atoms with Gasteiger partial charge in [-0.05, 0) is 62.2 Å². The molecule has 0 saturated carbocycles. The van der Waals surface area contributed by atoms with E-state index in [2.05, 4.69) is 34.6 Å². The van der Waals surface area contributed by atoms with Crippen LogP contribution in [0.3, 0.4) is 0 Å². The Hall–Kier alpha value is -2.24. The second-order valence-corrected chi connectivity index (χ2v) is 8.59. The highest BCUT2D eigenvalue weighted by Gasteiger charge is 2.37. The monoisotopic (exact) mass is 382 g/mol. The molecule has 0 aliphatic carbocycles. The molecule has 28 heavy (non-hydrogen) atoms. The van der Waals surface area contributed by atoms with E-state index < -0.39 is 17.2 Å². The van der Waals surface area contributed by atoms with Gasteiger partial charge in [-0.2, -0.15) is 0 Å². The quantitative estimate of drug-likeness (QED) is 0.726. The number of rotatable bonds is 3. The number of hydrogen-bond donors (Lipinski definition) is 1. The van der Waals surface area contributed by atoms with E-state index in [9.17, 15) is 13.9 Å². The number of nitrogens with zero attached hydrogens (tertiary/aromatic N) is 2. The fourth-order valence-corrected chi connectivity index (χ4v) is 5.01. The molecule has 1 saturated heterocycles. The Kier molecular flexibility index (Phi) is 3.90. The van der Waals surface area contributed by atoms with Crippen molar-refractivity contribution in [3.63, 3.8) is 0 Å². The zero-order valence-corrected chi connectivity index (χ0v) is 16.2. The number of aromatic nitrogens is 1. The summed E-state index contributed by atoms with van der Waals surface area (Å²) in [6, 6.07) is 10.1. The van der Waals surface area contributed by atoms with Gasteiger partial charge >= 0.3 is 0 Å². The molecule has 146 valence electrons. The van der Waals surface area contributed by atoms with Crippen LogP contribution in [0, 0.1) is 18.6 Å². The first-order chi connectivity index (χ1) is 13.3. The maximum absolute atomic E-state index is 13.8. The van der Waals surface area contributed by atoms with E-state index in [1.54, 1.807) is 6.92 Å². The summed E-state index contributed by atoms with van der Waals surface area (Å²) in [4.78, 5) is 2.46. The number of aryl methyl sites for hydroxylation is 1. The molecule has 0 amide bonds. The van der Waals surface area contributed by atoms with E-state index in [0.29, 0.717) is 18.0 Å². The Morgan fingerprint density at radius 1 is 1.14 bits per heavy atom. The lowest BCUT2D eigenvalue weighted by atomic mass is 9.93. The maximum atomic E-state index is 13.8. The molecular weight excluding hydrogens is 358 g/mol. The van der Waals surface area contributed by atoms with Crippen LogP contribution in [0.4, 0.5) is 8.78 Å². The highest BCUT2D eigenvalue weighted by molar-refractivity contribution is 5.87. The summed E-state index contributed by atoms with van der Waals surface area (Å²) in [5.74, 6) is -1.30. The third kappa shape index (κ3) is 2.68.